The van der Waals surface area contributed by atoms with Crippen molar-refractivity contribution in [2.75, 3.05) is 0 Å². The first-order valence-corrected chi connectivity index (χ1v) is 36.7. The van der Waals surface area contributed by atoms with E-state index in [1.807, 2.05) is 0 Å². The van der Waals surface area contributed by atoms with Crippen LogP contribution in [0.4, 0.5) is 0 Å². The molecule has 4 aliphatic rings. The van der Waals surface area contributed by atoms with Crippen LogP contribution in [0.15, 0.2) is 194 Å². The van der Waals surface area contributed by atoms with Crippen LogP contribution in [0.3, 0.4) is 0 Å². The van der Waals surface area contributed by atoms with Crippen LogP contribution in [0.5, 0.6) is 0 Å². The Labute approximate surface area is 549 Å². The Balaban J connectivity index is 0.000000142. The molecule has 0 bridgehead atoms. The molecule has 4 aliphatic carbocycles. The second-order valence-electron chi connectivity index (χ2n) is 28.7. The molecule has 0 atom stereocenters. The molecule has 0 N–H and O–H groups in total. The lowest BCUT2D eigenvalue weighted by atomic mass is 9.77. The summed E-state index contributed by atoms with van der Waals surface area (Å²) in [5.74, 6) is 7.14. The van der Waals surface area contributed by atoms with Crippen LogP contribution < -0.4 is 0 Å². The van der Waals surface area contributed by atoms with E-state index in [9.17, 15) is 0 Å². The molecule has 0 saturated heterocycles. The van der Waals surface area contributed by atoms with Crippen molar-refractivity contribution in [1.29, 1.82) is 0 Å². The minimum absolute atomic E-state index is 0.791. The maximum absolute atomic E-state index is 2.37. The van der Waals surface area contributed by atoms with Crippen molar-refractivity contribution in [2.45, 2.75) is 246 Å². The Hall–Kier alpha value is -6.24. The summed E-state index contributed by atoms with van der Waals surface area (Å²) >= 11 is 0. The zero-order valence-corrected chi connectivity index (χ0v) is 57.5. The Kier molecular flexibility index (Phi) is 27.3. The summed E-state index contributed by atoms with van der Waals surface area (Å²) in [4.78, 5) is 0. The Morgan fingerprint density at radius 2 is 0.422 bits per heavy atom. The van der Waals surface area contributed by atoms with Crippen LogP contribution in [-0.2, 0) is 0 Å². The summed E-state index contributed by atoms with van der Waals surface area (Å²) in [7, 11) is 0. The summed E-state index contributed by atoms with van der Waals surface area (Å²) in [6, 6.07) is 72.7. The average Bonchev–Trinajstić information content (AvgIpc) is 3.66. The van der Waals surface area contributed by atoms with Crippen LogP contribution >= 0.6 is 0 Å². The number of hydrogen-bond acceptors (Lipinski definition) is 0. The Morgan fingerprint density at radius 1 is 0.211 bits per heavy atom. The monoisotopic (exact) mass is 1200 g/mol. The zero-order valence-electron chi connectivity index (χ0n) is 57.5. The molecule has 0 aromatic heterocycles. The van der Waals surface area contributed by atoms with Gasteiger partial charge < -0.3 is 0 Å². The van der Waals surface area contributed by atoms with Gasteiger partial charge in [-0.25, -0.2) is 0 Å². The molecule has 0 nitrogen and oxygen atoms in total. The lowest BCUT2D eigenvalue weighted by Crippen LogP contribution is -2.13. The largest absolute Gasteiger partial charge is 0.0654 e. The van der Waals surface area contributed by atoms with Gasteiger partial charge in [0.2, 0.25) is 0 Å². The van der Waals surface area contributed by atoms with Gasteiger partial charge in [-0.2, -0.15) is 0 Å². The van der Waals surface area contributed by atoms with Gasteiger partial charge in [0.15, 0.2) is 0 Å². The summed E-state index contributed by atoms with van der Waals surface area (Å²) in [5, 5.41) is 0. The number of unbranched alkanes of at least 4 members (excludes halogenated alkanes) is 3. The minimum atomic E-state index is 0.791. The second kappa shape index (κ2) is 36.1. The highest BCUT2D eigenvalue weighted by Gasteiger charge is 2.25. The summed E-state index contributed by atoms with van der Waals surface area (Å²) in [6.45, 7) is 17.8. The molecule has 0 heteroatoms. The van der Waals surface area contributed by atoms with Gasteiger partial charge in [0.05, 0.1) is 0 Å². The normalized spacial score (nSPS) is 21.5. The first-order chi connectivity index (χ1) is 44.0. The SMILES string of the molecule is CCC1CCC(c2ccc(-c3ccc(C)cc3)cc2)CC1.CCCC1CCC(c2ccc(-c3ccc(C)cc3)cc2)CC1.CCCCC1CCC(c2ccc(-c3ccc(C)cc3)cc2)CC1.CCCCCC1CCC(c2ccc(-c3ccc(C)cc3)cc2)CC1. The van der Waals surface area contributed by atoms with Crippen LogP contribution in [0, 0.1) is 51.4 Å². The molecule has 8 aromatic carbocycles. The molecule has 8 aromatic rings. The second-order valence-corrected chi connectivity index (χ2v) is 28.7. The number of benzene rings is 8. The van der Waals surface area contributed by atoms with Crippen LogP contribution in [-0.4, -0.2) is 0 Å². The van der Waals surface area contributed by atoms with Gasteiger partial charge >= 0.3 is 0 Å². The van der Waals surface area contributed by atoms with Crippen molar-refractivity contribution in [3.8, 4) is 44.5 Å². The topological polar surface area (TPSA) is 0 Å². The van der Waals surface area contributed by atoms with Crippen molar-refractivity contribution in [1.82, 2.24) is 0 Å². The molecule has 0 heterocycles. The van der Waals surface area contributed by atoms with Crippen LogP contribution in [0.1, 0.15) is 263 Å². The van der Waals surface area contributed by atoms with Gasteiger partial charge in [0, 0.05) is 0 Å². The molecule has 0 amide bonds. The van der Waals surface area contributed by atoms with E-state index < -0.39 is 0 Å². The van der Waals surface area contributed by atoms with Gasteiger partial charge in [-0.05, 0) is 245 Å². The molecule has 0 unspecified atom stereocenters. The van der Waals surface area contributed by atoms with Crippen LogP contribution in [0.2, 0.25) is 0 Å². The van der Waals surface area contributed by atoms with Crippen molar-refractivity contribution in [3.05, 3.63) is 239 Å². The van der Waals surface area contributed by atoms with E-state index in [0.29, 0.717) is 0 Å². The summed E-state index contributed by atoms with van der Waals surface area (Å²) in [6.07, 6.45) is 36.5. The number of aryl methyl sites for hydroxylation is 4. The molecule has 12 rings (SSSR count). The highest BCUT2D eigenvalue weighted by molar-refractivity contribution is 5.67. The summed E-state index contributed by atoms with van der Waals surface area (Å²) in [5.41, 5.74) is 22.1. The van der Waals surface area contributed by atoms with Gasteiger partial charge in [0.25, 0.3) is 0 Å². The van der Waals surface area contributed by atoms with Crippen molar-refractivity contribution in [3.63, 3.8) is 0 Å². The van der Waals surface area contributed by atoms with Crippen LogP contribution in [0.25, 0.3) is 44.5 Å². The van der Waals surface area contributed by atoms with E-state index in [0.717, 1.165) is 47.3 Å². The van der Waals surface area contributed by atoms with E-state index in [2.05, 4.69) is 250 Å². The third-order valence-electron chi connectivity index (χ3n) is 21.9. The standard InChI is InChI=1S/C24H32.C23H30.C22H28.C21H26/c1-3-4-5-6-20-9-13-22(14-10-20)24-17-15-23(16-18-24)21-11-7-19(2)8-12-21;1-3-4-5-19-8-12-21(13-9-19)23-16-14-22(15-17-23)20-10-6-18(2)7-11-20;1-3-4-18-7-11-20(12-8-18)22-15-13-21(14-16-22)19-9-5-17(2)6-10-19;1-3-17-6-10-19(11-7-17)21-14-12-20(13-15-21)18-8-4-16(2)5-9-18/h7-8,11-12,15-18,20,22H,3-6,9-10,13-14H2,1-2H3;6-7,10-11,14-17,19,21H,3-5,8-9,12-13H2,1-2H3;5-6,9-10,13-16,18,20H,3-4,7-8,11-12H2,1-2H3;4-5,8-9,12-15,17,19H,3,6-7,10-11H2,1-2H3. The fourth-order valence-electron chi connectivity index (χ4n) is 15.6. The highest BCUT2D eigenvalue weighted by Crippen LogP contribution is 2.42. The fourth-order valence-corrected chi connectivity index (χ4v) is 15.6. The minimum Gasteiger partial charge on any atom is -0.0654 e. The Morgan fingerprint density at radius 3 is 0.644 bits per heavy atom. The molecule has 4 saturated carbocycles. The molecule has 0 spiro atoms. The molecular formula is C90H116. The predicted molar refractivity (Wildman–Crippen MR) is 394 cm³/mol. The lowest BCUT2D eigenvalue weighted by molar-refractivity contribution is 0.303. The molecule has 4 fully saturated rings. The van der Waals surface area contributed by atoms with Crippen molar-refractivity contribution in [2.24, 2.45) is 23.7 Å². The molecule has 90 heavy (non-hydrogen) atoms. The van der Waals surface area contributed by atoms with E-state index in [1.165, 1.54) is 234 Å². The average molecular weight is 1200 g/mol. The smallest absolute Gasteiger partial charge is 0.0162 e. The molecular weight excluding hydrogens is 1080 g/mol. The first kappa shape index (κ1) is 68.1. The molecule has 476 valence electrons. The van der Waals surface area contributed by atoms with Crippen molar-refractivity contribution < 1.29 is 0 Å². The number of hydrogen-bond donors (Lipinski definition) is 0. The summed E-state index contributed by atoms with van der Waals surface area (Å²) < 4.78 is 0. The highest BCUT2D eigenvalue weighted by atomic mass is 14.3. The van der Waals surface area contributed by atoms with Gasteiger partial charge in [-0.3, -0.25) is 0 Å². The Bertz CT molecular complexity index is 3200. The quantitative estimate of drug-likeness (QED) is 0.0751. The van der Waals surface area contributed by atoms with E-state index in [-0.39, 0.29) is 0 Å². The van der Waals surface area contributed by atoms with E-state index in [4.69, 9.17) is 0 Å². The maximum Gasteiger partial charge on any atom is -0.0162 e. The third-order valence-corrected chi connectivity index (χ3v) is 21.9. The third kappa shape index (κ3) is 20.9. The first-order valence-electron chi connectivity index (χ1n) is 36.7. The maximum atomic E-state index is 2.37. The van der Waals surface area contributed by atoms with Gasteiger partial charge in [-0.1, -0.05) is 308 Å². The van der Waals surface area contributed by atoms with Crippen molar-refractivity contribution >= 4 is 0 Å². The lowest BCUT2D eigenvalue weighted by Gasteiger charge is -2.29. The van der Waals surface area contributed by atoms with E-state index in [1.54, 1.807) is 22.3 Å². The van der Waals surface area contributed by atoms with Gasteiger partial charge in [0.1, 0.15) is 0 Å². The number of rotatable bonds is 18. The van der Waals surface area contributed by atoms with E-state index >= 15 is 0 Å². The fraction of sp³-hybridized carbons (Fsp3) is 0.467. The molecule has 0 radical (unpaired) electrons. The predicted octanol–water partition coefficient (Wildman–Crippen LogP) is 27.7. The molecule has 0 aliphatic heterocycles. The van der Waals surface area contributed by atoms with Gasteiger partial charge in [-0.15, -0.1) is 0 Å². The zero-order chi connectivity index (χ0) is 62.9.